The number of rotatable bonds is 3. The van der Waals surface area contributed by atoms with Crippen molar-refractivity contribution in [3.63, 3.8) is 0 Å². The third-order valence-corrected chi connectivity index (χ3v) is 5.40. The minimum Gasteiger partial charge on any atom is -0.338 e. The first kappa shape index (κ1) is 23.1. The highest BCUT2D eigenvalue weighted by Crippen LogP contribution is 2.37. The smallest absolute Gasteiger partial charge is 0.338 e. The third-order valence-electron chi connectivity index (χ3n) is 5.40. The van der Waals surface area contributed by atoms with E-state index in [1.54, 1.807) is 12.1 Å². The Morgan fingerprint density at radius 3 is 2.03 bits per heavy atom. The molecule has 0 aromatic heterocycles. The van der Waals surface area contributed by atoms with Crippen LogP contribution in [0.4, 0.5) is 30.7 Å². The van der Waals surface area contributed by atoms with Crippen LogP contribution < -0.4 is 5.32 Å². The van der Waals surface area contributed by atoms with Crippen LogP contribution in [0.15, 0.2) is 42.5 Å². The zero-order chi connectivity index (χ0) is 23.0. The standard InChI is InChI=1S/C21H19F7N2O/c1-30(18-6-7-29-11-17(18)12-2-4-16(22)5-3-12)19(31)13-8-14(20(23,24)25)10-15(9-13)21(26,27)28/h2-5,8-10,17-18,29H,6-7,11H2,1H3. The number of hydrogen-bond donors (Lipinski definition) is 1. The van der Waals surface area contributed by atoms with E-state index in [-0.39, 0.29) is 12.0 Å². The molecule has 0 spiro atoms. The van der Waals surface area contributed by atoms with Crippen LogP contribution in [-0.2, 0) is 12.4 Å². The van der Waals surface area contributed by atoms with Gasteiger partial charge in [0.25, 0.3) is 5.91 Å². The summed E-state index contributed by atoms with van der Waals surface area (Å²) in [5, 5.41) is 3.14. The van der Waals surface area contributed by atoms with E-state index in [1.165, 1.54) is 24.1 Å². The van der Waals surface area contributed by atoms with Gasteiger partial charge in [-0.3, -0.25) is 4.79 Å². The van der Waals surface area contributed by atoms with E-state index in [2.05, 4.69) is 5.32 Å². The molecule has 3 nitrogen and oxygen atoms in total. The number of carbonyl (C=O) groups is 1. The van der Waals surface area contributed by atoms with Gasteiger partial charge in [-0.25, -0.2) is 4.39 Å². The molecule has 0 bridgehead atoms. The van der Waals surface area contributed by atoms with Crippen molar-refractivity contribution in [2.45, 2.75) is 30.7 Å². The van der Waals surface area contributed by atoms with E-state index < -0.39 is 46.8 Å². The molecule has 1 heterocycles. The van der Waals surface area contributed by atoms with Gasteiger partial charge in [0.15, 0.2) is 0 Å². The van der Waals surface area contributed by atoms with Gasteiger partial charge in [-0.05, 0) is 48.9 Å². The van der Waals surface area contributed by atoms with Crippen LogP contribution >= 0.6 is 0 Å². The molecular weight excluding hydrogens is 429 g/mol. The Bertz CT molecular complexity index is 906. The van der Waals surface area contributed by atoms with E-state index in [0.717, 1.165) is 0 Å². The van der Waals surface area contributed by atoms with E-state index in [1.807, 2.05) is 0 Å². The number of alkyl halides is 6. The van der Waals surface area contributed by atoms with Gasteiger partial charge in [0.05, 0.1) is 11.1 Å². The number of nitrogens with one attached hydrogen (secondary N) is 1. The lowest BCUT2D eigenvalue weighted by molar-refractivity contribution is -0.143. The highest BCUT2D eigenvalue weighted by Gasteiger charge is 2.39. The lowest BCUT2D eigenvalue weighted by Gasteiger charge is -2.39. The largest absolute Gasteiger partial charge is 0.416 e. The molecule has 0 radical (unpaired) electrons. The van der Waals surface area contributed by atoms with Crippen molar-refractivity contribution in [2.75, 3.05) is 20.1 Å². The summed E-state index contributed by atoms with van der Waals surface area (Å²) in [5.41, 5.74) is -3.07. The fourth-order valence-corrected chi connectivity index (χ4v) is 3.79. The normalized spacial score (nSPS) is 19.9. The SMILES string of the molecule is CN(C(=O)c1cc(C(F)(F)F)cc(C(F)(F)F)c1)C1CCNCC1c1ccc(F)cc1. The Labute approximate surface area is 173 Å². The Balaban J connectivity index is 1.96. The molecule has 2 aromatic rings. The maximum atomic E-state index is 13.3. The minimum absolute atomic E-state index is 0.0113. The van der Waals surface area contributed by atoms with Crippen molar-refractivity contribution in [1.29, 1.82) is 0 Å². The lowest BCUT2D eigenvalue weighted by Crippen LogP contribution is -2.49. The van der Waals surface area contributed by atoms with Crippen molar-refractivity contribution in [1.82, 2.24) is 10.2 Å². The molecular formula is C21H19F7N2O. The summed E-state index contributed by atoms with van der Waals surface area (Å²) in [6, 6.07) is 5.96. The number of nitrogens with zero attached hydrogens (tertiary/aromatic N) is 1. The second-order valence-electron chi connectivity index (χ2n) is 7.43. The van der Waals surface area contributed by atoms with Gasteiger partial charge < -0.3 is 10.2 Å². The summed E-state index contributed by atoms with van der Waals surface area (Å²) in [4.78, 5) is 14.1. The van der Waals surface area contributed by atoms with E-state index in [0.29, 0.717) is 37.2 Å². The van der Waals surface area contributed by atoms with Crippen molar-refractivity contribution in [3.8, 4) is 0 Å². The summed E-state index contributed by atoms with van der Waals surface area (Å²) >= 11 is 0. The molecule has 2 unspecified atom stereocenters. The molecule has 2 atom stereocenters. The summed E-state index contributed by atoms with van der Waals surface area (Å²) < 4.78 is 92.1. The number of halogens is 7. The molecule has 1 saturated heterocycles. The summed E-state index contributed by atoms with van der Waals surface area (Å²) in [6.07, 6.45) is -9.66. The Kier molecular flexibility index (Phi) is 6.31. The van der Waals surface area contributed by atoms with Crippen LogP contribution in [0.1, 0.15) is 39.4 Å². The van der Waals surface area contributed by atoms with Crippen molar-refractivity contribution in [2.24, 2.45) is 0 Å². The fourth-order valence-electron chi connectivity index (χ4n) is 3.79. The second-order valence-corrected chi connectivity index (χ2v) is 7.43. The molecule has 1 fully saturated rings. The van der Waals surface area contributed by atoms with Crippen molar-refractivity contribution >= 4 is 5.91 Å². The lowest BCUT2D eigenvalue weighted by atomic mass is 9.85. The maximum Gasteiger partial charge on any atom is 0.416 e. The molecule has 10 heteroatoms. The predicted octanol–water partition coefficient (Wildman–Crippen LogP) is 5.08. The Morgan fingerprint density at radius 1 is 0.968 bits per heavy atom. The fraction of sp³-hybridized carbons (Fsp3) is 0.381. The average molecular weight is 448 g/mol. The molecule has 2 aromatic carbocycles. The first-order valence-corrected chi connectivity index (χ1v) is 9.41. The number of carbonyl (C=O) groups excluding carboxylic acids is 1. The minimum atomic E-state index is -5.04. The number of amides is 1. The average Bonchev–Trinajstić information content (AvgIpc) is 2.71. The first-order valence-electron chi connectivity index (χ1n) is 9.41. The van der Waals surface area contributed by atoms with Crippen LogP contribution in [-0.4, -0.2) is 37.0 Å². The van der Waals surface area contributed by atoms with E-state index in [9.17, 15) is 35.5 Å². The van der Waals surface area contributed by atoms with Crippen LogP contribution in [0.5, 0.6) is 0 Å². The van der Waals surface area contributed by atoms with Gasteiger partial charge >= 0.3 is 12.4 Å². The van der Waals surface area contributed by atoms with Crippen LogP contribution in [0, 0.1) is 5.82 Å². The summed E-state index contributed by atoms with van der Waals surface area (Å²) in [5.74, 6) is -1.70. The van der Waals surface area contributed by atoms with Crippen LogP contribution in [0.2, 0.25) is 0 Å². The summed E-state index contributed by atoms with van der Waals surface area (Å²) in [7, 11) is 1.35. The molecule has 3 rings (SSSR count). The highest BCUT2D eigenvalue weighted by molar-refractivity contribution is 5.94. The van der Waals surface area contributed by atoms with Gasteiger partial charge in [0, 0.05) is 31.1 Å². The number of piperidine rings is 1. The van der Waals surface area contributed by atoms with Gasteiger partial charge in [-0.2, -0.15) is 26.3 Å². The topological polar surface area (TPSA) is 32.3 Å². The first-order chi connectivity index (χ1) is 14.4. The zero-order valence-corrected chi connectivity index (χ0v) is 16.3. The molecule has 1 N–H and O–H groups in total. The van der Waals surface area contributed by atoms with Gasteiger partial charge in [-0.15, -0.1) is 0 Å². The zero-order valence-electron chi connectivity index (χ0n) is 16.3. The molecule has 1 amide bonds. The Hall–Kier alpha value is -2.62. The number of hydrogen-bond acceptors (Lipinski definition) is 2. The molecule has 31 heavy (non-hydrogen) atoms. The molecule has 0 saturated carbocycles. The predicted molar refractivity (Wildman–Crippen MR) is 99.0 cm³/mol. The van der Waals surface area contributed by atoms with Crippen molar-refractivity contribution < 1.29 is 35.5 Å². The van der Waals surface area contributed by atoms with Gasteiger partial charge in [0.1, 0.15) is 5.82 Å². The van der Waals surface area contributed by atoms with E-state index >= 15 is 0 Å². The van der Waals surface area contributed by atoms with Crippen LogP contribution in [0.25, 0.3) is 0 Å². The second kappa shape index (κ2) is 8.49. The van der Waals surface area contributed by atoms with E-state index in [4.69, 9.17) is 0 Å². The van der Waals surface area contributed by atoms with Gasteiger partial charge in [0.2, 0.25) is 0 Å². The maximum absolute atomic E-state index is 13.3. The molecule has 1 aliphatic rings. The number of benzene rings is 2. The van der Waals surface area contributed by atoms with Gasteiger partial charge in [-0.1, -0.05) is 12.1 Å². The van der Waals surface area contributed by atoms with Crippen molar-refractivity contribution in [3.05, 3.63) is 70.5 Å². The monoisotopic (exact) mass is 448 g/mol. The molecule has 1 aliphatic heterocycles. The third kappa shape index (κ3) is 5.17. The number of likely N-dealkylation sites (N-methyl/N-ethyl adjacent to an activating group) is 1. The quantitative estimate of drug-likeness (QED) is 0.665. The molecule has 0 aliphatic carbocycles. The summed E-state index contributed by atoms with van der Waals surface area (Å²) in [6.45, 7) is 0.931. The molecule has 168 valence electrons. The Morgan fingerprint density at radius 2 is 1.52 bits per heavy atom. The van der Waals surface area contributed by atoms with Crippen LogP contribution in [0.3, 0.4) is 0 Å². The highest BCUT2D eigenvalue weighted by atomic mass is 19.4.